The molecule has 1 atom stereocenters. The number of hydrogen-bond donors (Lipinski definition) is 3. The normalized spacial score (nSPS) is 13.2. The smallest absolute Gasteiger partial charge is 0.254 e. The monoisotopic (exact) mass is 335 g/mol. The van der Waals surface area contributed by atoms with Crippen LogP contribution < -0.4 is 5.32 Å². The highest BCUT2D eigenvalue weighted by atomic mass is 16.2. The number of allylic oxidation sites excluding steroid dienone is 1. The molecule has 128 valence electrons. The van der Waals surface area contributed by atoms with E-state index in [0.717, 1.165) is 23.6 Å². The first-order chi connectivity index (χ1) is 12.2. The molecule has 0 aliphatic heterocycles. The third-order valence-electron chi connectivity index (χ3n) is 3.82. The Morgan fingerprint density at radius 1 is 1.24 bits per heavy atom. The number of nitrogens with one attached hydrogen (secondary N) is 2. The molecule has 1 unspecified atom stereocenters. The molecule has 25 heavy (non-hydrogen) atoms. The van der Waals surface area contributed by atoms with E-state index in [1.54, 1.807) is 24.5 Å². The summed E-state index contributed by atoms with van der Waals surface area (Å²) in [5.41, 5.74) is 2.48. The van der Waals surface area contributed by atoms with Crippen molar-refractivity contribution in [2.75, 3.05) is 6.54 Å². The number of nitrogens with zero attached hydrogens (tertiary/aromatic N) is 1. The standard InChI is InChI=1S/C20H21N3O2/c1-15(16-5-3-2-4-6-16)13-23-20(25)19(14-24)11-18(12-21)17-7-9-22-10-8-17/h2-12,14-15,21,24H,13H2,1H3,(H,23,25). The van der Waals surface area contributed by atoms with Crippen LogP contribution in [0.5, 0.6) is 0 Å². The molecule has 5 nitrogen and oxygen atoms in total. The van der Waals surface area contributed by atoms with Crippen LogP contribution in [0.2, 0.25) is 0 Å². The number of carbonyl (C=O) groups excluding carboxylic acids is 1. The Labute approximate surface area is 147 Å². The molecule has 1 aromatic heterocycles. The summed E-state index contributed by atoms with van der Waals surface area (Å²) in [6.45, 7) is 2.47. The molecule has 0 aliphatic carbocycles. The number of hydrogen-bond acceptors (Lipinski definition) is 4. The second-order valence-electron chi connectivity index (χ2n) is 5.59. The predicted octanol–water partition coefficient (Wildman–Crippen LogP) is 3.48. The average Bonchev–Trinajstić information content (AvgIpc) is 2.68. The van der Waals surface area contributed by atoms with Crippen LogP contribution >= 0.6 is 0 Å². The van der Waals surface area contributed by atoms with E-state index in [1.807, 2.05) is 37.3 Å². The number of rotatable bonds is 7. The zero-order valence-corrected chi connectivity index (χ0v) is 14.0. The lowest BCUT2D eigenvalue weighted by atomic mass is 10.0. The number of pyridine rings is 1. The van der Waals surface area contributed by atoms with Gasteiger partial charge in [0.25, 0.3) is 5.91 Å². The minimum absolute atomic E-state index is 0.0931. The van der Waals surface area contributed by atoms with Crippen LogP contribution in [0.1, 0.15) is 24.0 Å². The first-order valence-corrected chi connectivity index (χ1v) is 7.95. The Balaban J connectivity index is 2.06. The Hall–Kier alpha value is -3.21. The zero-order chi connectivity index (χ0) is 18.1. The van der Waals surface area contributed by atoms with Gasteiger partial charge in [0.15, 0.2) is 0 Å². The van der Waals surface area contributed by atoms with Gasteiger partial charge in [-0.2, -0.15) is 0 Å². The van der Waals surface area contributed by atoms with Gasteiger partial charge in [0.05, 0.1) is 11.8 Å². The minimum Gasteiger partial charge on any atom is -0.515 e. The van der Waals surface area contributed by atoms with Gasteiger partial charge < -0.3 is 15.8 Å². The van der Waals surface area contributed by atoms with E-state index in [2.05, 4.69) is 10.3 Å². The van der Waals surface area contributed by atoms with Crippen molar-refractivity contribution in [3.05, 3.63) is 83.9 Å². The Kier molecular flexibility index (Phi) is 6.65. The van der Waals surface area contributed by atoms with Gasteiger partial charge >= 0.3 is 0 Å². The van der Waals surface area contributed by atoms with Crippen molar-refractivity contribution in [3.8, 4) is 0 Å². The van der Waals surface area contributed by atoms with E-state index in [-0.39, 0.29) is 11.5 Å². The fourth-order valence-electron chi connectivity index (χ4n) is 2.33. The zero-order valence-electron chi connectivity index (χ0n) is 14.0. The van der Waals surface area contributed by atoms with Crippen molar-refractivity contribution >= 4 is 17.7 Å². The predicted molar refractivity (Wildman–Crippen MR) is 99.6 cm³/mol. The highest BCUT2D eigenvalue weighted by Crippen LogP contribution is 2.15. The lowest BCUT2D eigenvalue weighted by Crippen LogP contribution is -2.28. The Morgan fingerprint density at radius 2 is 1.92 bits per heavy atom. The second-order valence-corrected chi connectivity index (χ2v) is 5.59. The molecule has 0 aliphatic rings. The molecule has 0 bridgehead atoms. The summed E-state index contributed by atoms with van der Waals surface area (Å²) in [5, 5.41) is 19.8. The molecule has 0 radical (unpaired) electrons. The first kappa shape index (κ1) is 18.1. The highest BCUT2D eigenvalue weighted by Gasteiger charge is 2.12. The molecule has 0 spiro atoms. The number of amides is 1. The molecule has 0 fully saturated rings. The molecule has 1 amide bonds. The van der Waals surface area contributed by atoms with Crippen molar-refractivity contribution < 1.29 is 9.90 Å². The van der Waals surface area contributed by atoms with Gasteiger partial charge in [-0.3, -0.25) is 9.78 Å². The molecule has 3 N–H and O–H groups in total. The summed E-state index contributed by atoms with van der Waals surface area (Å²) < 4.78 is 0. The molecule has 1 aromatic carbocycles. The van der Waals surface area contributed by atoms with Crippen molar-refractivity contribution in [1.82, 2.24) is 10.3 Å². The van der Waals surface area contributed by atoms with Crippen molar-refractivity contribution in [2.24, 2.45) is 0 Å². The van der Waals surface area contributed by atoms with Gasteiger partial charge in [-0.15, -0.1) is 0 Å². The lowest BCUT2D eigenvalue weighted by molar-refractivity contribution is -0.117. The molecular weight excluding hydrogens is 314 g/mol. The van der Waals surface area contributed by atoms with E-state index in [0.29, 0.717) is 12.1 Å². The van der Waals surface area contributed by atoms with Gasteiger partial charge in [-0.05, 0) is 35.3 Å². The SMILES string of the molecule is CC(CNC(=O)C(=CO)C=C(C=N)c1ccncc1)c1ccccc1. The summed E-state index contributed by atoms with van der Waals surface area (Å²) >= 11 is 0. The van der Waals surface area contributed by atoms with Gasteiger partial charge in [0, 0.05) is 30.7 Å². The number of aliphatic hydroxyl groups excluding tert-OH is 1. The summed E-state index contributed by atoms with van der Waals surface area (Å²) in [6.07, 6.45) is 6.59. The van der Waals surface area contributed by atoms with Crippen molar-refractivity contribution in [3.63, 3.8) is 0 Å². The third kappa shape index (κ3) is 5.14. The first-order valence-electron chi connectivity index (χ1n) is 7.95. The Morgan fingerprint density at radius 3 is 2.52 bits per heavy atom. The van der Waals surface area contributed by atoms with E-state index in [9.17, 15) is 9.90 Å². The molecule has 2 aromatic rings. The number of carbonyl (C=O) groups is 1. The topological polar surface area (TPSA) is 86.1 Å². The summed E-state index contributed by atoms with van der Waals surface area (Å²) in [7, 11) is 0. The van der Waals surface area contributed by atoms with Gasteiger partial charge in [0.1, 0.15) is 0 Å². The molecule has 5 heteroatoms. The van der Waals surface area contributed by atoms with Crippen molar-refractivity contribution in [1.29, 1.82) is 5.41 Å². The number of aromatic nitrogens is 1. The minimum atomic E-state index is -0.390. The Bertz CT molecular complexity index is 768. The van der Waals surface area contributed by atoms with Crippen LogP contribution in [-0.2, 0) is 4.79 Å². The molecule has 0 saturated heterocycles. The maximum Gasteiger partial charge on any atom is 0.254 e. The summed E-state index contributed by atoms with van der Waals surface area (Å²) in [5.74, 6) is -0.241. The number of benzene rings is 1. The van der Waals surface area contributed by atoms with Gasteiger partial charge in [-0.1, -0.05) is 37.3 Å². The maximum absolute atomic E-state index is 12.3. The quantitative estimate of drug-likeness (QED) is 0.313. The van der Waals surface area contributed by atoms with E-state index in [4.69, 9.17) is 5.41 Å². The fraction of sp³-hybridized carbons (Fsp3) is 0.150. The fourth-order valence-corrected chi connectivity index (χ4v) is 2.33. The van der Waals surface area contributed by atoms with Crippen LogP contribution in [0.4, 0.5) is 0 Å². The molecule has 1 heterocycles. The highest BCUT2D eigenvalue weighted by molar-refractivity contribution is 6.11. The summed E-state index contributed by atoms with van der Waals surface area (Å²) in [6, 6.07) is 13.4. The van der Waals surface area contributed by atoms with E-state index < -0.39 is 5.91 Å². The largest absolute Gasteiger partial charge is 0.515 e. The molecule has 2 rings (SSSR count). The van der Waals surface area contributed by atoms with Crippen LogP contribution in [0.25, 0.3) is 5.57 Å². The van der Waals surface area contributed by atoms with Gasteiger partial charge in [0.2, 0.25) is 0 Å². The van der Waals surface area contributed by atoms with Crippen LogP contribution in [0.3, 0.4) is 0 Å². The lowest BCUT2D eigenvalue weighted by Gasteiger charge is -2.13. The average molecular weight is 335 g/mol. The van der Waals surface area contributed by atoms with E-state index >= 15 is 0 Å². The summed E-state index contributed by atoms with van der Waals surface area (Å²) in [4.78, 5) is 16.2. The van der Waals surface area contributed by atoms with E-state index in [1.165, 1.54) is 6.08 Å². The van der Waals surface area contributed by atoms with Crippen LogP contribution in [-0.4, -0.2) is 28.8 Å². The molecule has 0 saturated carbocycles. The van der Waals surface area contributed by atoms with Crippen LogP contribution in [0, 0.1) is 5.41 Å². The third-order valence-corrected chi connectivity index (χ3v) is 3.82. The van der Waals surface area contributed by atoms with Crippen LogP contribution in [0.15, 0.2) is 72.8 Å². The number of aliphatic hydroxyl groups is 1. The molecular formula is C20H21N3O2. The van der Waals surface area contributed by atoms with Gasteiger partial charge in [-0.25, -0.2) is 0 Å². The van der Waals surface area contributed by atoms with Crippen molar-refractivity contribution in [2.45, 2.75) is 12.8 Å². The second kappa shape index (κ2) is 9.17. The maximum atomic E-state index is 12.3.